The van der Waals surface area contributed by atoms with Crippen LogP contribution in [0.3, 0.4) is 0 Å². The highest BCUT2D eigenvalue weighted by Crippen LogP contribution is 2.52. The summed E-state index contributed by atoms with van der Waals surface area (Å²) in [7, 11) is 0. The topological polar surface area (TPSA) is 69.2 Å². The van der Waals surface area contributed by atoms with E-state index >= 15 is 0 Å². The Kier molecular flexibility index (Phi) is 3.01. The van der Waals surface area contributed by atoms with Crippen molar-refractivity contribution in [2.45, 2.75) is 19.3 Å². The lowest BCUT2D eigenvalue weighted by Gasteiger charge is -2.30. The van der Waals surface area contributed by atoms with Gasteiger partial charge in [0, 0.05) is 23.5 Å². The molecule has 2 aliphatic rings. The lowest BCUT2D eigenvalue weighted by molar-refractivity contribution is -0.314. The number of amides is 1. The van der Waals surface area contributed by atoms with Gasteiger partial charge in [0.2, 0.25) is 5.91 Å². The molecule has 0 aliphatic heterocycles. The molecule has 2 bridgehead atoms. The smallest absolute Gasteiger partial charge is 0.228 e. The predicted octanol–water partition coefficient (Wildman–Crippen LogP) is 1.04. The average molecular weight is 258 g/mol. The summed E-state index contributed by atoms with van der Waals surface area (Å²) in [5.41, 5.74) is 0.715. The molecule has 4 nitrogen and oxygen atoms in total. The molecular formula is C15H16NO3-. The van der Waals surface area contributed by atoms with Gasteiger partial charge in [-0.15, -0.1) is 0 Å². The van der Waals surface area contributed by atoms with Crippen LogP contribution < -0.4 is 10.4 Å². The second-order valence-corrected chi connectivity index (χ2v) is 5.56. The zero-order valence-corrected chi connectivity index (χ0v) is 10.5. The highest BCUT2D eigenvalue weighted by Gasteiger charge is 2.51. The highest BCUT2D eigenvalue weighted by molar-refractivity contribution is 5.95. The average Bonchev–Trinajstić information content (AvgIpc) is 2.99. The van der Waals surface area contributed by atoms with Crippen molar-refractivity contribution in [1.82, 2.24) is 0 Å². The van der Waals surface area contributed by atoms with Gasteiger partial charge in [0.1, 0.15) is 0 Å². The molecule has 1 N–H and O–H groups in total. The maximum atomic E-state index is 12.3. The zero-order valence-electron chi connectivity index (χ0n) is 10.5. The minimum absolute atomic E-state index is 0.126. The van der Waals surface area contributed by atoms with Gasteiger partial charge in [-0.1, -0.05) is 18.2 Å². The summed E-state index contributed by atoms with van der Waals surface area (Å²) >= 11 is 0. The van der Waals surface area contributed by atoms with E-state index in [1.165, 1.54) is 0 Å². The number of carboxylic acid groups (broad SMARTS) is 1. The number of hydrogen-bond donors (Lipinski definition) is 1. The third-order valence-electron chi connectivity index (χ3n) is 4.53. The van der Waals surface area contributed by atoms with Gasteiger partial charge in [-0.05, 0) is 43.2 Å². The van der Waals surface area contributed by atoms with Gasteiger partial charge in [-0.25, -0.2) is 0 Å². The first kappa shape index (κ1) is 12.2. The summed E-state index contributed by atoms with van der Waals surface area (Å²) in [6, 6.07) is 9.16. The number of nitrogens with one attached hydrogen (secondary N) is 1. The molecule has 0 aromatic heterocycles. The molecule has 0 saturated heterocycles. The van der Waals surface area contributed by atoms with Gasteiger partial charge in [0.15, 0.2) is 0 Å². The highest BCUT2D eigenvalue weighted by atomic mass is 16.4. The van der Waals surface area contributed by atoms with Crippen LogP contribution in [0.5, 0.6) is 0 Å². The van der Waals surface area contributed by atoms with Crippen molar-refractivity contribution in [2.24, 2.45) is 23.7 Å². The lowest BCUT2D eigenvalue weighted by atomic mass is 9.78. The third-order valence-corrected chi connectivity index (χ3v) is 4.53. The monoisotopic (exact) mass is 258 g/mol. The number of benzene rings is 1. The Labute approximate surface area is 111 Å². The molecular weight excluding hydrogens is 242 g/mol. The maximum absolute atomic E-state index is 12.3. The number of rotatable bonds is 3. The van der Waals surface area contributed by atoms with E-state index in [-0.39, 0.29) is 17.7 Å². The molecule has 19 heavy (non-hydrogen) atoms. The zero-order chi connectivity index (χ0) is 13.4. The second kappa shape index (κ2) is 4.68. The van der Waals surface area contributed by atoms with Crippen LogP contribution in [0.25, 0.3) is 0 Å². The standard InChI is InChI=1S/C15H17NO3/c17-14(16-11-4-2-1-3-5-11)12-9-6-7-10(8-9)13(12)15(18)19/h1-5,9-10,12-13H,6-8H2,(H,16,17)(H,18,19)/p-1/t9-,10+,12+,13+/m1/s1. The normalized spacial score (nSPS) is 32.2. The molecule has 1 aromatic rings. The van der Waals surface area contributed by atoms with Crippen LogP contribution in [-0.2, 0) is 9.59 Å². The number of carbonyl (C=O) groups is 2. The lowest BCUT2D eigenvalue weighted by Crippen LogP contribution is -2.43. The fourth-order valence-electron chi connectivity index (χ4n) is 3.75. The molecule has 0 radical (unpaired) electrons. The number of fused-ring (bicyclic) bond motifs is 2. The van der Waals surface area contributed by atoms with Crippen LogP contribution in [0.4, 0.5) is 5.69 Å². The minimum Gasteiger partial charge on any atom is -0.550 e. The van der Waals surface area contributed by atoms with Gasteiger partial charge >= 0.3 is 0 Å². The first-order valence-electron chi connectivity index (χ1n) is 6.73. The summed E-state index contributed by atoms with van der Waals surface area (Å²) in [6.45, 7) is 0. The molecule has 3 rings (SSSR count). The first-order chi connectivity index (χ1) is 9.16. The molecule has 0 spiro atoms. The maximum Gasteiger partial charge on any atom is 0.228 e. The number of hydrogen-bond acceptors (Lipinski definition) is 3. The molecule has 1 amide bonds. The van der Waals surface area contributed by atoms with Crippen LogP contribution in [0.1, 0.15) is 19.3 Å². The summed E-state index contributed by atoms with van der Waals surface area (Å²) in [4.78, 5) is 23.6. The first-order valence-corrected chi connectivity index (χ1v) is 6.73. The van der Waals surface area contributed by atoms with Gasteiger partial charge in [-0.3, -0.25) is 4.79 Å². The summed E-state index contributed by atoms with van der Waals surface area (Å²) in [5, 5.41) is 14.1. The van der Waals surface area contributed by atoms with Gasteiger partial charge in [0.05, 0.1) is 0 Å². The van der Waals surface area contributed by atoms with E-state index in [0.29, 0.717) is 5.69 Å². The van der Waals surface area contributed by atoms with E-state index < -0.39 is 17.8 Å². The van der Waals surface area contributed by atoms with Crippen molar-refractivity contribution in [2.75, 3.05) is 5.32 Å². The Morgan fingerprint density at radius 1 is 1.05 bits per heavy atom. The van der Waals surface area contributed by atoms with E-state index in [1.807, 2.05) is 18.2 Å². The van der Waals surface area contributed by atoms with Crippen molar-refractivity contribution in [3.05, 3.63) is 30.3 Å². The van der Waals surface area contributed by atoms with Crippen LogP contribution in [0.2, 0.25) is 0 Å². The van der Waals surface area contributed by atoms with Crippen molar-refractivity contribution in [3.63, 3.8) is 0 Å². The molecule has 2 saturated carbocycles. The Morgan fingerprint density at radius 3 is 2.32 bits per heavy atom. The molecule has 4 heteroatoms. The van der Waals surface area contributed by atoms with E-state index in [4.69, 9.17) is 0 Å². The number of anilines is 1. The SMILES string of the molecule is O=C([O-])[C@H]1[C@H]2CC[C@H](C2)[C@@H]1C(=O)Nc1ccccc1. The Hall–Kier alpha value is -1.84. The number of aliphatic carboxylic acids is 1. The van der Waals surface area contributed by atoms with E-state index in [2.05, 4.69) is 5.32 Å². The molecule has 0 heterocycles. The van der Waals surface area contributed by atoms with Crippen molar-refractivity contribution in [1.29, 1.82) is 0 Å². The van der Waals surface area contributed by atoms with E-state index in [9.17, 15) is 14.7 Å². The third kappa shape index (κ3) is 2.11. The Morgan fingerprint density at radius 2 is 1.68 bits per heavy atom. The van der Waals surface area contributed by atoms with E-state index in [1.54, 1.807) is 12.1 Å². The number of carbonyl (C=O) groups excluding carboxylic acids is 2. The molecule has 100 valence electrons. The Bertz CT molecular complexity index is 499. The summed E-state index contributed by atoms with van der Waals surface area (Å²) in [6.07, 6.45) is 2.73. The second-order valence-electron chi connectivity index (χ2n) is 5.56. The summed E-state index contributed by atoms with van der Waals surface area (Å²) < 4.78 is 0. The molecule has 2 aliphatic carbocycles. The van der Waals surface area contributed by atoms with Crippen molar-refractivity contribution >= 4 is 17.6 Å². The van der Waals surface area contributed by atoms with Gasteiger partial charge < -0.3 is 15.2 Å². The Balaban J connectivity index is 1.77. The largest absolute Gasteiger partial charge is 0.550 e. The number of carboxylic acids is 1. The molecule has 2 fully saturated rings. The fraction of sp³-hybridized carbons (Fsp3) is 0.467. The molecule has 1 aromatic carbocycles. The van der Waals surface area contributed by atoms with E-state index in [0.717, 1.165) is 19.3 Å². The minimum atomic E-state index is -1.07. The van der Waals surface area contributed by atoms with Crippen LogP contribution in [0, 0.1) is 23.7 Å². The van der Waals surface area contributed by atoms with Gasteiger partial charge in [0.25, 0.3) is 0 Å². The number of para-hydroxylation sites is 1. The van der Waals surface area contributed by atoms with Gasteiger partial charge in [-0.2, -0.15) is 0 Å². The molecule has 4 atom stereocenters. The molecule has 0 unspecified atom stereocenters. The van der Waals surface area contributed by atoms with Crippen molar-refractivity contribution < 1.29 is 14.7 Å². The fourth-order valence-corrected chi connectivity index (χ4v) is 3.75. The van der Waals surface area contributed by atoms with Crippen molar-refractivity contribution in [3.8, 4) is 0 Å². The quantitative estimate of drug-likeness (QED) is 0.880. The van der Waals surface area contributed by atoms with Crippen LogP contribution in [-0.4, -0.2) is 11.9 Å². The van der Waals surface area contributed by atoms with Crippen LogP contribution in [0.15, 0.2) is 30.3 Å². The predicted molar refractivity (Wildman–Crippen MR) is 67.9 cm³/mol. The van der Waals surface area contributed by atoms with Crippen LogP contribution >= 0.6 is 0 Å². The summed E-state index contributed by atoms with van der Waals surface area (Å²) in [5.74, 6) is -1.95.